The summed E-state index contributed by atoms with van der Waals surface area (Å²) in [5.74, 6) is 0.650. The van der Waals surface area contributed by atoms with Gasteiger partial charge in [-0.1, -0.05) is 158 Å². The van der Waals surface area contributed by atoms with Gasteiger partial charge in [0, 0.05) is 41.5 Å². The third kappa shape index (κ3) is 7.78. The minimum Gasteiger partial charge on any atom is -0.264 e. The first-order chi connectivity index (χ1) is 29.7. The van der Waals surface area contributed by atoms with Gasteiger partial charge < -0.3 is 0 Å². The molecule has 0 aliphatic heterocycles. The Balaban J connectivity index is 1.14. The maximum absolute atomic E-state index is 5.34. The third-order valence-corrected chi connectivity index (χ3v) is 10.9. The Morgan fingerprint density at radius 2 is 0.550 bits per heavy atom. The normalized spacial score (nSPS) is 11.0. The largest absolute Gasteiger partial charge is 0.264 e. The molecule has 4 nitrogen and oxygen atoms in total. The molecule has 10 rings (SSSR count). The fourth-order valence-electron chi connectivity index (χ4n) is 7.71. The van der Waals surface area contributed by atoms with Crippen molar-refractivity contribution in [3.63, 3.8) is 0 Å². The summed E-state index contributed by atoms with van der Waals surface area (Å²) >= 11 is 0. The van der Waals surface area contributed by atoms with Gasteiger partial charge in [-0.25, -0.2) is 9.97 Å². The number of aromatic nitrogens is 4. The SMILES string of the molecule is c1ccc(-c2cccc(-c3cc(-c4cccc(-c5ccccc5)c4)cc(-c4nc(-c5ccc(-c6cccnc6)cc5)cc(-c5ccc(-c6cccnc6)cc5)n4)c3)c2)cc1. The predicted octanol–water partition coefficient (Wildman–Crippen LogP) is 14.3. The highest BCUT2D eigenvalue weighted by Gasteiger charge is 2.15. The smallest absolute Gasteiger partial charge is 0.160 e. The summed E-state index contributed by atoms with van der Waals surface area (Å²) in [5, 5.41) is 0. The van der Waals surface area contributed by atoms with Crippen molar-refractivity contribution in [1.29, 1.82) is 0 Å². The molecule has 0 fully saturated rings. The highest BCUT2D eigenvalue weighted by atomic mass is 14.9. The summed E-state index contributed by atoms with van der Waals surface area (Å²) in [7, 11) is 0. The number of nitrogens with zero attached hydrogens (tertiary/aromatic N) is 4. The summed E-state index contributed by atoms with van der Waals surface area (Å²) in [5.41, 5.74) is 18.0. The molecule has 0 spiro atoms. The van der Waals surface area contributed by atoms with Crippen molar-refractivity contribution in [2.75, 3.05) is 0 Å². The molecule has 0 amide bonds. The van der Waals surface area contributed by atoms with Crippen molar-refractivity contribution in [3.8, 4) is 101 Å². The molecule has 10 aromatic rings. The topological polar surface area (TPSA) is 51.6 Å². The summed E-state index contributed by atoms with van der Waals surface area (Å²) in [6.07, 6.45) is 7.37. The van der Waals surface area contributed by atoms with Crippen LogP contribution in [-0.4, -0.2) is 19.9 Å². The Hall–Kier alpha value is -8.08. The molecular formula is C56H38N4. The van der Waals surface area contributed by atoms with E-state index >= 15 is 0 Å². The molecule has 3 aromatic heterocycles. The fraction of sp³-hybridized carbons (Fsp3) is 0. The zero-order chi connectivity index (χ0) is 40.1. The standard InChI is InChI=1S/C56H38N4/c1-3-11-39(12-4-1)45-15-7-17-47(31-45)51-33-52(48-18-8-16-46(32-48)40-13-5-2-6-14-40)35-53(34-51)56-59-54(43-25-21-41(22-26-43)49-19-9-29-57-37-49)36-55(60-56)44-27-23-42(24-28-44)50-20-10-30-58-38-50/h1-38H. The molecular weight excluding hydrogens is 729 g/mol. The minimum absolute atomic E-state index is 0.650. The number of rotatable bonds is 9. The lowest BCUT2D eigenvalue weighted by atomic mass is 9.92. The van der Waals surface area contributed by atoms with E-state index in [1.807, 2.05) is 24.5 Å². The van der Waals surface area contributed by atoms with Crippen LogP contribution in [-0.2, 0) is 0 Å². The van der Waals surface area contributed by atoms with E-state index in [0.717, 1.165) is 83.7 Å². The number of hydrogen-bond donors (Lipinski definition) is 0. The zero-order valence-corrected chi connectivity index (χ0v) is 32.7. The molecule has 0 unspecified atom stereocenters. The summed E-state index contributed by atoms with van der Waals surface area (Å²) in [6, 6.07) is 72.6. The third-order valence-electron chi connectivity index (χ3n) is 10.9. The molecule has 4 heteroatoms. The van der Waals surface area contributed by atoms with Crippen LogP contribution in [0.4, 0.5) is 0 Å². The zero-order valence-electron chi connectivity index (χ0n) is 32.7. The molecule has 282 valence electrons. The van der Waals surface area contributed by atoms with Crippen molar-refractivity contribution in [2.45, 2.75) is 0 Å². The van der Waals surface area contributed by atoms with Crippen molar-refractivity contribution >= 4 is 0 Å². The Morgan fingerprint density at radius 1 is 0.217 bits per heavy atom. The Morgan fingerprint density at radius 3 is 0.967 bits per heavy atom. The van der Waals surface area contributed by atoms with Crippen molar-refractivity contribution in [3.05, 3.63) is 231 Å². The van der Waals surface area contributed by atoms with E-state index < -0.39 is 0 Å². The van der Waals surface area contributed by atoms with Crippen LogP contribution in [0.15, 0.2) is 231 Å². The van der Waals surface area contributed by atoms with Gasteiger partial charge in [-0.15, -0.1) is 0 Å². The number of hydrogen-bond acceptors (Lipinski definition) is 4. The molecule has 0 bridgehead atoms. The molecule has 0 radical (unpaired) electrons. The molecule has 60 heavy (non-hydrogen) atoms. The van der Waals surface area contributed by atoms with Gasteiger partial charge in [0.2, 0.25) is 0 Å². The van der Waals surface area contributed by atoms with E-state index in [1.54, 1.807) is 12.4 Å². The average molecular weight is 767 g/mol. The number of benzene rings is 7. The second-order valence-corrected chi connectivity index (χ2v) is 14.8. The van der Waals surface area contributed by atoms with E-state index in [-0.39, 0.29) is 0 Å². The van der Waals surface area contributed by atoms with Crippen LogP contribution in [0.25, 0.3) is 101 Å². The van der Waals surface area contributed by atoms with Crippen LogP contribution in [0, 0.1) is 0 Å². The lowest BCUT2D eigenvalue weighted by Gasteiger charge is -2.14. The van der Waals surface area contributed by atoms with E-state index in [9.17, 15) is 0 Å². The molecule has 0 saturated heterocycles. The first kappa shape index (κ1) is 36.3. The predicted molar refractivity (Wildman–Crippen MR) is 247 cm³/mol. The molecule has 0 aliphatic carbocycles. The van der Waals surface area contributed by atoms with Crippen LogP contribution < -0.4 is 0 Å². The number of pyridine rings is 2. The van der Waals surface area contributed by atoms with Crippen molar-refractivity contribution < 1.29 is 0 Å². The maximum atomic E-state index is 5.34. The second kappa shape index (κ2) is 16.4. The lowest BCUT2D eigenvalue weighted by molar-refractivity contribution is 1.18. The van der Waals surface area contributed by atoms with Crippen molar-refractivity contribution in [1.82, 2.24) is 19.9 Å². The monoisotopic (exact) mass is 766 g/mol. The minimum atomic E-state index is 0.650. The Labute approximate surface area is 350 Å². The molecule has 0 N–H and O–H groups in total. The van der Waals surface area contributed by atoms with Crippen LogP contribution in [0.3, 0.4) is 0 Å². The highest BCUT2D eigenvalue weighted by Crippen LogP contribution is 2.37. The Bertz CT molecular complexity index is 2840. The van der Waals surface area contributed by atoms with Gasteiger partial charge >= 0.3 is 0 Å². The highest BCUT2D eigenvalue weighted by molar-refractivity contribution is 5.84. The van der Waals surface area contributed by atoms with Gasteiger partial charge in [-0.05, 0) is 115 Å². The summed E-state index contributed by atoms with van der Waals surface area (Å²) in [6.45, 7) is 0. The lowest BCUT2D eigenvalue weighted by Crippen LogP contribution is -1.97. The first-order valence-electron chi connectivity index (χ1n) is 20.1. The van der Waals surface area contributed by atoms with Crippen LogP contribution in [0.5, 0.6) is 0 Å². The van der Waals surface area contributed by atoms with Crippen LogP contribution >= 0.6 is 0 Å². The Kier molecular flexibility index (Phi) is 9.92. The van der Waals surface area contributed by atoms with Gasteiger partial charge in [0.15, 0.2) is 5.82 Å². The van der Waals surface area contributed by atoms with Gasteiger partial charge in [-0.3, -0.25) is 9.97 Å². The molecule has 0 saturated carbocycles. The van der Waals surface area contributed by atoms with Crippen molar-refractivity contribution in [2.24, 2.45) is 0 Å². The molecule has 3 heterocycles. The van der Waals surface area contributed by atoms with E-state index in [4.69, 9.17) is 9.97 Å². The fourth-order valence-corrected chi connectivity index (χ4v) is 7.71. The van der Waals surface area contributed by atoms with Crippen LogP contribution in [0.1, 0.15) is 0 Å². The van der Waals surface area contributed by atoms with Gasteiger partial charge in [0.1, 0.15) is 0 Å². The summed E-state index contributed by atoms with van der Waals surface area (Å²) in [4.78, 5) is 19.3. The average Bonchev–Trinajstić information content (AvgIpc) is 3.35. The summed E-state index contributed by atoms with van der Waals surface area (Å²) < 4.78 is 0. The molecule has 0 atom stereocenters. The van der Waals surface area contributed by atoms with Gasteiger partial charge in [0.25, 0.3) is 0 Å². The maximum Gasteiger partial charge on any atom is 0.160 e. The van der Waals surface area contributed by atoms with Crippen LogP contribution in [0.2, 0.25) is 0 Å². The van der Waals surface area contributed by atoms with Gasteiger partial charge in [-0.2, -0.15) is 0 Å². The molecule has 7 aromatic carbocycles. The van der Waals surface area contributed by atoms with Gasteiger partial charge in [0.05, 0.1) is 11.4 Å². The van der Waals surface area contributed by atoms with E-state index in [0.29, 0.717) is 5.82 Å². The quantitative estimate of drug-likeness (QED) is 0.147. The van der Waals surface area contributed by atoms with E-state index in [2.05, 4.69) is 204 Å². The van der Waals surface area contributed by atoms with E-state index in [1.165, 1.54) is 11.1 Å². The second-order valence-electron chi connectivity index (χ2n) is 14.8. The first-order valence-corrected chi connectivity index (χ1v) is 20.1. The molecule has 0 aliphatic rings.